The van der Waals surface area contributed by atoms with Gasteiger partial charge in [0.25, 0.3) is 0 Å². The van der Waals surface area contributed by atoms with E-state index in [2.05, 4.69) is 199 Å². The van der Waals surface area contributed by atoms with Crippen molar-refractivity contribution in [2.45, 2.75) is 5.41 Å². The first-order valence-corrected chi connectivity index (χ1v) is 17.8. The Labute approximate surface area is 304 Å². The third-order valence-electron chi connectivity index (χ3n) is 10.2. The number of hydrogen-bond donors (Lipinski definition) is 0. The summed E-state index contributed by atoms with van der Waals surface area (Å²) in [5.41, 5.74) is 15.1. The normalized spacial score (nSPS) is 12.6. The van der Waals surface area contributed by atoms with Crippen LogP contribution in [0.2, 0.25) is 5.02 Å². The summed E-state index contributed by atoms with van der Waals surface area (Å²) < 4.78 is 0. The molecule has 51 heavy (non-hydrogen) atoms. The maximum absolute atomic E-state index is 6.46. The van der Waals surface area contributed by atoms with Gasteiger partial charge in [-0.3, -0.25) is 0 Å². The van der Waals surface area contributed by atoms with Crippen molar-refractivity contribution in [1.82, 2.24) is 0 Å². The summed E-state index contributed by atoms with van der Waals surface area (Å²) in [6, 6.07) is 74.1. The average molecular weight is 672 g/mol. The topological polar surface area (TPSA) is 3.24 Å². The summed E-state index contributed by atoms with van der Waals surface area (Å²) in [5, 5.41) is 0.710. The van der Waals surface area contributed by atoms with Crippen molar-refractivity contribution in [3.8, 4) is 33.4 Å². The lowest BCUT2D eigenvalue weighted by atomic mass is 9.68. The number of fused-ring (bicyclic) bond motifs is 3. The largest absolute Gasteiger partial charge is 0.310 e. The predicted molar refractivity (Wildman–Crippen MR) is 214 cm³/mol. The Balaban J connectivity index is 1.25. The highest BCUT2D eigenvalue weighted by Crippen LogP contribution is 2.57. The number of halogens is 1. The fourth-order valence-corrected chi connectivity index (χ4v) is 8.11. The SMILES string of the molecule is Clc1ccc(N(c2ccc3c(c2)-c2ccccc2C3(c2ccccc2)c2ccccc2)c2ccccc2-c2ccc(-c3ccccc3)cc2)cc1. The molecule has 0 atom stereocenters. The number of benzene rings is 8. The number of nitrogens with zero attached hydrogens (tertiary/aromatic N) is 1. The van der Waals surface area contributed by atoms with Crippen LogP contribution in [-0.2, 0) is 5.41 Å². The average Bonchev–Trinajstić information content (AvgIpc) is 3.50. The highest BCUT2D eigenvalue weighted by atomic mass is 35.5. The maximum Gasteiger partial charge on any atom is 0.0713 e. The van der Waals surface area contributed by atoms with Gasteiger partial charge in [-0.2, -0.15) is 0 Å². The van der Waals surface area contributed by atoms with Crippen LogP contribution in [-0.4, -0.2) is 0 Å². The minimum Gasteiger partial charge on any atom is -0.310 e. The molecule has 0 aliphatic heterocycles. The van der Waals surface area contributed by atoms with Gasteiger partial charge < -0.3 is 4.90 Å². The van der Waals surface area contributed by atoms with Crippen LogP contribution in [0.3, 0.4) is 0 Å². The molecule has 9 rings (SSSR count). The van der Waals surface area contributed by atoms with E-state index in [1.165, 1.54) is 44.5 Å². The summed E-state index contributed by atoms with van der Waals surface area (Å²) in [7, 11) is 0. The van der Waals surface area contributed by atoms with E-state index >= 15 is 0 Å². The van der Waals surface area contributed by atoms with Crippen molar-refractivity contribution >= 4 is 28.7 Å². The van der Waals surface area contributed by atoms with E-state index < -0.39 is 5.41 Å². The minimum atomic E-state index is -0.448. The quantitative estimate of drug-likeness (QED) is 0.163. The Morgan fingerprint density at radius 3 is 1.51 bits per heavy atom. The first-order chi connectivity index (χ1) is 25.2. The molecule has 0 amide bonds. The molecular formula is C49H34ClN. The van der Waals surface area contributed by atoms with Crippen LogP contribution >= 0.6 is 11.6 Å². The molecule has 0 spiro atoms. The van der Waals surface area contributed by atoms with E-state index in [0.29, 0.717) is 5.02 Å². The van der Waals surface area contributed by atoms with Crippen LogP contribution < -0.4 is 4.90 Å². The van der Waals surface area contributed by atoms with Gasteiger partial charge in [-0.05, 0) is 92.5 Å². The van der Waals surface area contributed by atoms with E-state index in [0.717, 1.165) is 28.2 Å². The zero-order chi connectivity index (χ0) is 34.2. The molecule has 242 valence electrons. The molecule has 2 heteroatoms. The number of rotatable bonds is 7. The van der Waals surface area contributed by atoms with Gasteiger partial charge in [-0.1, -0.05) is 175 Å². The summed E-state index contributed by atoms with van der Waals surface area (Å²) in [4.78, 5) is 2.37. The summed E-state index contributed by atoms with van der Waals surface area (Å²) in [5.74, 6) is 0. The van der Waals surface area contributed by atoms with Crippen molar-refractivity contribution < 1.29 is 0 Å². The highest BCUT2D eigenvalue weighted by molar-refractivity contribution is 6.30. The molecule has 0 fully saturated rings. The van der Waals surface area contributed by atoms with Crippen molar-refractivity contribution in [2.75, 3.05) is 4.90 Å². The van der Waals surface area contributed by atoms with E-state index in [1.54, 1.807) is 0 Å². The van der Waals surface area contributed by atoms with E-state index in [4.69, 9.17) is 11.6 Å². The van der Waals surface area contributed by atoms with Crippen molar-refractivity contribution in [1.29, 1.82) is 0 Å². The van der Waals surface area contributed by atoms with Crippen LogP contribution in [0.25, 0.3) is 33.4 Å². The Morgan fingerprint density at radius 1 is 0.353 bits per heavy atom. The standard InChI is InChI=1S/C49H34ClN/c50-40-28-30-41(31-29-40)51(48-23-13-11-20-43(48)37-26-24-36(25-27-37)35-14-4-1-5-15-35)42-32-33-47-45(34-42)44-21-10-12-22-46(44)49(47,38-16-6-2-7-17-38)39-18-8-3-9-19-39/h1-34H. The molecule has 1 aliphatic carbocycles. The fourth-order valence-electron chi connectivity index (χ4n) is 7.98. The van der Waals surface area contributed by atoms with Crippen molar-refractivity contribution in [2.24, 2.45) is 0 Å². The monoisotopic (exact) mass is 671 g/mol. The number of hydrogen-bond acceptors (Lipinski definition) is 1. The highest BCUT2D eigenvalue weighted by Gasteiger charge is 2.46. The predicted octanol–water partition coefficient (Wildman–Crippen LogP) is 13.5. The molecule has 1 nitrogen and oxygen atoms in total. The first kappa shape index (κ1) is 30.9. The third kappa shape index (κ3) is 5.26. The van der Waals surface area contributed by atoms with Gasteiger partial charge in [-0.25, -0.2) is 0 Å². The fraction of sp³-hybridized carbons (Fsp3) is 0.0204. The molecule has 1 aliphatic rings. The second kappa shape index (κ2) is 12.9. The second-order valence-corrected chi connectivity index (χ2v) is 13.5. The molecule has 0 unspecified atom stereocenters. The Bertz CT molecular complexity index is 2410. The molecule has 8 aromatic rings. The Morgan fingerprint density at radius 2 is 0.843 bits per heavy atom. The molecule has 8 aromatic carbocycles. The van der Waals surface area contributed by atoms with Gasteiger partial charge in [0, 0.05) is 22.0 Å². The van der Waals surface area contributed by atoms with E-state index in [-0.39, 0.29) is 0 Å². The summed E-state index contributed by atoms with van der Waals surface area (Å²) >= 11 is 6.46. The minimum absolute atomic E-state index is 0.448. The molecule has 0 heterocycles. The van der Waals surface area contributed by atoms with E-state index in [9.17, 15) is 0 Å². The molecular weight excluding hydrogens is 638 g/mol. The third-order valence-corrected chi connectivity index (χ3v) is 10.5. The second-order valence-electron chi connectivity index (χ2n) is 13.0. The van der Waals surface area contributed by atoms with Gasteiger partial charge >= 0.3 is 0 Å². The lowest BCUT2D eigenvalue weighted by Gasteiger charge is -2.34. The Hall–Kier alpha value is -6.15. The molecule has 0 N–H and O–H groups in total. The van der Waals surface area contributed by atoms with Crippen LogP contribution in [0.15, 0.2) is 206 Å². The molecule has 0 saturated carbocycles. The number of anilines is 3. The maximum atomic E-state index is 6.46. The zero-order valence-electron chi connectivity index (χ0n) is 28.0. The molecule has 0 aromatic heterocycles. The van der Waals surface area contributed by atoms with Gasteiger partial charge in [-0.15, -0.1) is 0 Å². The molecule has 0 bridgehead atoms. The lowest BCUT2D eigenvalue weighted by molar-refractivity contribution is 0.768. The van der Waals surface area contributed by atoms with Crippen LogP contribution in [0, 0.1) is 0 Å². The smallest absolute Gasteiger partial charge is 0.0713 e. The molecule has 0 radical (unpaired) electrons. The summed E-state index contributed by atoms with van der Waals surface area (Å²) in [6.45, 7) is 0. The number of para-hydroxylation sites is 1. The van der Waals surface area contributed by atoms with Crippen LogP contribution in [0.4, 0.5) is 17.1 Å². The van der Waals surface area contributed by atoms with Crippen LogP contribution in [0.1, 0.15) is 22.3 Å². The van der Waals surface area contributed by atoms with Crippen molar-refractivity contribution in [3.05, 3.63) is 234 Å². The lowest BCUT2D eigenvalue weighted by Crippen LogP contribution is -2.28. The van der Waals surface area contributed by atoms with Gasteiger partial charge in [0.1, 0.15) is 0 Å². The summed E-state index contributed by atoms with van der Waals surface area (Å²) in [6.07, 6.45) is 0. The zero-order valence-corrected chi connectivity index (χ0v) is 28.7. The molecule has 0 saturated heterocycles. The van der Waals surface area contributed by atoms with Gasteiger partial charge in [0.05, 0.1) is 11.1 Å². The first-order valence-electron chi connectivity index (χ1n) is 17.4. The van der Waals surface area contributed by atoms with Crippen molar-refractivity contribution in [3.63, 3.8) is 0 Å². The Kier molecular flexibility index (Phi) is 7.84. The van der Waals surface area contributed by atoms with E-state index in [1.807, 2.05) is 12.1 Å². The van der Waals surface area contributed by atoms with Crippen LogP contribution in [0.5, 0.6) is 0 Å². The van der Waals surface area contributed by atoms with Gasteiger partial charge in [0.2, 0.25) is 0 Å². The van der Waals surface area contributed by atoms with Gasteiger partial charge in [0.15, 0.2) is 0 Å².